The fourth-order valence-electron chi connectivity index (χ4n) is 3.42. The number of aryl methyl sites for hydroxylation is 2. The first kappa shape index (κ1) is 20.5. The average Bonchev–Trinajstić information content (AvgIpc) is 2.64. The van der Waals surface area contributed by atoms with Crippen molar-refractivity contribution in [1.29, 1.82) is 0 Å². The predicted molar refractivity (Wildman–Crippen MR) is 110 cm³/mol. The number of benzene rings is 1. The maximum atomic E-state index is 13.2. The van der Waals surface area contributed by atoms with Crippen LogP contribution in [0.4, 0.5) is 5.69 Å². The van der Waals surface area contributed by atoms with Crippen molar-refractivity contribution in [2.24, 2.45) is 5.92 Å². The van der Waals surface area contributed by atoms with Crippen molar-refractivity contribution in [2.45, 2.75) is 45.4 Å². The summed E-state index contributed by atoms with van der Waals surface area (Å²) in [7, 11) is -3.63. The minimum absolute atomic E-state index is 0.220. The van der Waals surface area contributed by atoms with Crippen LogP contribution in [0.3, 0.4) is 0 Å². The third kappa shape index (κ3) is 4.25. The van der Waals surface area contributed by atoms with Gasteiger partial charge in [-0.2, -0.15) is 4.31 Å². The van der Waals surface area contributed by atoms with Gasteiger partial charge in [-0.15, -0.1) is 0 Å². The number of nitrogens with one attached hydrogen (secondary N) is 1. The molecule has 0 unspecified atom stereocenters. The van der Waals surface area contributed by atoms with Gasteiger partial charge in [-0.25, -0.2) is 8.42 Å². The molecule has 2 heterocycles. The number of nitrogens with zero attached hydrogens (tertiary/aromatic N) is 2. The Balaban J connectivity index is 1.93. The highest BCUT2D eigenvalue weighted by Crippen LogP contribution is 2.28. The summed E-state index contributed by atoms with van der Waals surface area (Å²) >= 11 is 0. The number of sulfonamides is 1. The number of hydrogen-bond donors (Lipinski definition) is 1. The molecule has 0 atom stereocenters. The largest absolute Gasteiger partial charge is 0.322 e. The van der Waals surface area contributed by atoms with Crippen LogP contribution < -0.4 is 5.32 Å². The summed E-state index contributed by atoms with van der Waals surface area (Å²) in [5.41, 5.74) is 3.23. The Labute approximate surface area is 167 Å². The minimum atomic E-state index is -3.63. The van der Waals surface area contributed by atoms with Gasteiger partial charge in [0.2, 0.25) is 10.0 Å². The van der Waals surface area contributed by atoms with Gasteiger partial charge in [-0.05, 0) is 74.9 Å². The number of carbonyl (C=O) groups is 1. The number of piperidine rings is 1. The van der Waals surface area contributed by atoms with E-state index in [9.17, 15) is 13.2 Å². The van der Waals surface area contributed by atoms with E-state index in [0.29, 0.717) is 35.8 Å². The average molecular weight is 402 g/mol. The van der Waals surface area contributed by atoms with Gasteiger partial charge >= 0.3 is 0 Å². The normalized spacial score (nSPS) is 16.1. The van der Waals surface area contributed by atoms with Crippen molar-refractivity contribution in [3.8, 4) is 0 Å². The number of pyridine rings is 1. The smallest absolute Gasteiger partial charge is 0.255 e. The van der Waals surface area contributed by atoms with Gasteiger partial charge in [-0.1, -0.05) is 6.92 Å². The molecule has 0 spiro atoms. The van der Waals surface area contributed by atoms with Gasteiger partial charge < -0.3 is 5.32 Å². The molecule has 3 rings (SSSR count). The van der Waals surface area contributed by atoms with Crippen LogP contribution in [-0.2, 0) is 10.0 Å². The Morgan fingerprint density at radius 3 is 2.46 bits per heavy atom. The number of hydrogen-bond acceptors (Lipinski definition) is 4. The van der Waals surface area contributed by atoms with Gasteiger partial charge in [-0.3, -0.25) is 9.78 Å². The van der Waals surface area contributed by atoms with E-state index < -0.39 is 10.0 Å². The van der Waals surface area contributed by atoms with E-state index in [1.54, 1.807) is 35.6 Å². The second-order valence-electron chi connectivity index (χ2n) is 7.64. The predicted octanol–water partition coefficient (Wildman–Crippen LogP) is 3.68. The zero-order valence-electron chi connectivity index (χ0n) is 16.8. The van der Waals surface area contributed by atoms with E-state index in [4.69, 9.17) is 0 Å². The molecule has 0 saturated carbocycles. The first-order valence-corrected chi connectivity index (χ1v) is 11.0. The van der Waals surface area contributed by atoms with Crippen LogP contribution in [0.1, 0.15) is 46.9 Å². The van der Waals surface area contributed by atoms with Crippen LogP contribution in [0.25, 0.3) is 0 Å². The van der Waals surface area contributed by atoms with Crippen LogP contribution in [0.5, 0.6) is 0 Å². The summed E-state index contributed by atoms with van der Waals surface area (Å²) in [6.45, 7) is 8.66. The Kier molecular flexibility index (Phi) is 5.86. The van der Waals surface area contributed by atoms with Crippen LogP contribution >= 0.6 is 0 Å². The minimum Gasteiger partial charge on any atom is -0.322 e. The van der Waals surface area contributed by atoms with Crippen LogP contribution in [0.15, 0.2) is 35.4 Å². The molecule has 1 fully saturated rings. The first-order chi connectivity index (χ1) is 13.2. The van der Waals surface area contributed by atoms with Crippen molar-refractivity contribution in [3.05, 3.63) is 52.8 Å². The third-order valence-corrected chi connectivity index (χ3v) is 7.42. The van der Waals surface area contributed by atoms with Crippen LogP contribution in [-0.4, -0.2) is 36.7 Å². The second-order valence-corrected chi connectivity index (χ2v) is 9.55. The Morgan fingerprint density at radius 1 is 1.14 bits per heavy atom. The monoisotopic (exact) mass is 401 g/mol. The first-order valence-electron chi connectivity index (χ1n) is 9.54. The fourth-order valence-corrected chi connectivity index (χ4v) is 5.21. The van der Waals surface area contributed by atoms with E-state index in [-0.39, 0.29) is 10.8 Å². The van der Waals surface area contributed by atoms with Gasteiger partial charge in [0.25, 0.3) is 5.91 Å². The SMILES string of the molecule is Cc1cc(NC(=O)c2cc(C)c(C)c(S(=O)(=O)N3CCC(C)CC3)c2)ccn1. The molecule has 1 N–H and O–H groups in total. The highest BCUT2D eigenvalue weighted by atomic mass is 32.2. The highest BCUT2D eigenvalue weighted by molar-refractivity contribution is 7.89. The molecule has 2 aromatic rings. The molecular formula is C21H27N3O3S. The van der Waals surface area contributed by atoms with Crippen molar-refractivity contribution in [1.82, 2.24) is 9.29 Å². The molecule has 150 valence electrons. The van der Waals surface area contributed by atoms with Crippen molar-refractivity contribution in [3.63, 3.8) is 0 Å². The van der Waals surface area contributed by atoms with Crippen molar-refractivity contribution < 1.29 is 13.2 Å². The number of anilines is 1. The van der Waals surface area contributed by atoms with E-state index >= 15 is 0 Å². The third-order valence-electron chi connectivity index (χ3n) is 5.40. The zero-order chi connectivity index (χ0) is 20.5. The molecule has 1 aromatic carbocycles. The number of aromatic nitrogens is 1. The number of rotatable bonds is 4. The summed E-state index contributed by atoms with van der Waals surface area (Å²) in [5.74, 6) is 0.202. The van der Waals surface area contributed by atoms with Gasteiger partial charge in [0, 0.05) is 36.2 Å². The highest BCUT2D eigenvalue weighted by Gasteiger charge is 2.30. The molecule has 7 heteroatoms. The maximum Gasteiger partial charge on any atom is 0.255 e. The van der Waals surface area contributed by atoms with Gasteiger partial charge in [0.1, 0.15) is 0 Å². The van der Waals surface area contributed by atoms with Crippen LogP contribution in [0, 0.1) is 26.7 Å². The summed E-state index contributed by atoms with van der Waals surface area (Å²) in [6.07, 6.45) is 3.34. The van der Waals surface area contributed by atoms with E-state index in [2.05, 4.69) is 17.2 Å². The van der Waals surface area contributed by atoms with Gasteiger partial charge in [0.15, 0.2) is 0 Å². The fraction of sp³-hybridized carbons (Fsp3) is 0.429. The zero-order valence-corrected chi connectivity index (χ0v) is 17.6. The van der Waals surface area contributed by atoms with E-state index in [0.717, 1.165) is 24.1 Å². The molecule has 0 aliphatic carbocycles. The molecule has 1 amide bonds. The molecule has 0 bridgehead atoms. The van der Waals surface area contributed by atoms with E-state index in [1.807, 2.05) is 13.8 Å². The Hall–Kier alpha value is -2.25. The topological polar surface area (TPSA) is 79.4 Å². The number of carbonyl (C=O) groups excluding carboxylic acids is 1. The molecule has 1 aromatic heterocycles. The molecule has 6 nitrogen and oxygen atoms in total. The summed E-state index contributed by atoms with van der Waals surface area (Å²) in [5, 5.41) is 2.82. The lowest BCUT2D eigenvalue weighted by atomic mass is 10.0. The summed E-state index contributed by atoms with van der Waals surface area (Å²) in [4.78, 5) is 17.1. The molecular weight excluding hydrogens is 374 g/mol. The maximum absolute atomic E-state index is 13.2. The van der Waals surface area contributed by atoms with E-state index in [1.165, 1.54) is 6.07 Å². The molecule has 0 radical (unpaired) electrons. The molecule has 1 aliphatic heterocycles. The lowest BCUT2D eigenvalue weighted by Crippen LogP contribution is -2.38. The summed E-state index contributed by atoms with van der Waals surface area (Å²) < 4.78 is 28.0. The summed E-state index contributed by atoms with van der Waals surface area (Å²) in [6, 6.07) is 6.71. The lowest BCUT2D eigenvalue weighted by Gasteiger charge is -2.30. The Morgan fingerprint density at radius 2 is 1.82 bits per heavy atom. The van der Waals surface area contributed by atoms with Crippen LogP contribution in [0.2, 0.25) is 0 Å². The lowest BCUT2D eigenvalue weighted by molar-refractivity contribution is 0.102. The molecule has 1 saturated heterocycles. The second kappa shape index (κ2) is 8.01. The van der Waals surface area contributed by atoms with Crippen molar-refractivity contribution >= 4 is 21.6 Å². The standard InChI is InChI=1S/C21H27N3O3S/c1-14-6-9-24(10-7-14)28(26,27)20-13-18(11-15(2)17(20)4)21(25)23-19-5-8-22-16(3)12-19/h5,8,11-14H,6-7,9-10H2,1-4H3,(H,22,23,25). The molecule has 1 aliphatic rings. The van der Waals surface area contributed by atoms with Gasteiger partial charge in [0.05, 0.1) is 4.90 Å². The number of amides is 1. The quantitative estimate of drug-likeness (QED) is 0.848. The molecule has 28 heavy (non-hydrogen) atoms. The van der Waals surface area contributed by atoms with Crippen molar-refractivity contribution in [2.75, 3.05) is 18.4 Å². The Bertz CT molecular complexity index is 994.